The molecule has 0 bridgehead atoms. The molecule has 0 atom stereocenters. The van der Waals surface area contributed by atoms with Gasteiger partial charge in [-0.25, -0.2) is 4.98 Å². The maximum absolute atomic E-state index is 11.8. The maximum atomic E-state index is 11.8. The Morgan fingerprint density at radius 1 is 1.39 bits per heavy atom. The van der Waals surface area contributed by atoms with Crippen LogP contribution in [0.5, 0.6) is 0 Å². The average Bonchev–Trinajstić information content (AvgIpc) is 2.92. The predicted molar refractivity (Wildman–Crippen MR) is 74.1 cm³/mol. The quantitative estimate of drug-likeness (QED) is 0.867. The zero-order chi connectivity index (χ0) is 12.8. The molecule has 0 radical (unpaired) electrons. The summed E-state index contributed by atoms with van der Waals surface area (Å²) in [5.41, 5.74) is 1.68. The molecule has 2 aromatic rings. The highest BCUT2D eigenvalue weighted by atomic mass is 32.1. The normalized spacial score (nSPS) is 10.1. The van der Waals surface area contributed by atoms with Crippen molar-refractivity contribution in [2.75, 3.05) is 18.9 Å². The predicted octanol–water partition coefficient (Wildman–Crippen LogP) is 2.16. The van der Waals surface area contributed by atoms with Gasteiger partial charge in [-0.2, -0.15) is 11.3 Å². The first kappa shape index (κ1) is 12.6. The van der Waals surface area contributed by atoms with E-state index in [9.17, 15) is 4.79 Å². The molecule has 2 aromatic heterocycles. The van der Waals surface area contributed by atoms with Crippen LogP contribution < -0.4 is 10.6 Å². The Morgan fingerprint density at radius 3 is 3.00 bits per heavy atom. The number of aromatic nitrogens is 1. The molecule has 2 rings (SSSR count). The van der Waals surface area contributed by atoms with E-state index in [-0.39, 0.29) is 5.91 Å². The van der Waals surface area contributed by atoms with Crippen LogP contribution in [0, 0.1) is 0 Å². The fraction of sp³-hybridized carbons (Fsp3) is 0.231. The van der Waals surface area contributed by atoms with Crippen LogP contribution in [-0.4, -0.2) is 24.5 Å². The first-order chi connectivity index (χ1) is 8.79. The van der Waals surface area contributed by atoms with E-state index in [4.69, 9.17) is 0 Å². The van der Waals surface area contributed by atoms with E-state index in [1.807, 2.05) is 17.5 Å². The number of hydrogen-bond acceptors (Lipinski definition) is 4. The van der Waals surface area contributed by atoms with Crippen molar-refractivity contribution >= 4 is 23.1 Å². The van der Waals surface area contributed by atoms with E-state index >= 15 is 0 Å². The lowest BCUT2D eigenvalue weighted by molar-refractivity contribution is 0.0949. The van der Waals surface area contributed by atoms with Crippen molar-refractivity contribution in [3.05, 3.63) is 46.3 Å². The number of hydrogen-bond donors (Lipinski definition) is 2. The standard InChI is InChI=1S/C13H15N3OS/c1-14-12-4-2-3-11(16-12)13(17)15-7-5-10-6-8-18-9-10/h2-4,6,8-9H,5,7H2,1H3,(H,14,16)(H,15,17). The molecule has 0 spiro atoms. The molecule has 1 amide bonds. The van der Waals surface area contributed by atoms with Crippen molar-refractivity contribution < 1.29 is 4.79 Å². The third-order valence-electron chi connectivity index (χ3n) is 2.52. The summed E-state index contributed by atoms with van der Waals surface area (Å²) in [6.45, 7) is 0.626. The van der Waals surface area contributed by atoms with Crippen LogP contribution in [0.1, 0.15) is 16.1 Å². The molecule has 0 saturated heterocycles. The fourth-order valence-electron chi connectivity index (χ4n) is 1.55. The van der Waals surface area contributed by atoms with Crippen LogP contribution in [0.25, 0.3) is 0 Å². The Kier molecular flexibility index (Phi) is 4.30. The fourth-order valence-corrected chi connectivity index (χ4v) is 2.25. The number of thiophene rings is 1. The van der Waals surface area contributed by atoms with Crippen LogP contribution in [0.2, 0.25) is 0 Å². The van der Waals surface area contributed by atoms with Gasteiger partial charge in [0.2, 0.25) is 0 Å². The van der Waals surface area contributed by atoms with E-state index in [0.717, 1.165) is 6.42 Å². The topological polar surface area (TPSA) is 54.0 Å². The molecule has 0 unspecified atom stereocenters. The Hall–Kier alpha value is -1.88. The number of nitrogens with zero attached hydrogens (tertiary/aromatic N) is 1. The second-order valence-electron chi connectivity index (χ2n) is 3.80. The minimum absolute atomic E-state index is 0.137. The Labute approximate surface area is 110 Å². The van der Waals surface area contributed by atoms with Gasteiger partial charge >= 0.3 is 0 Å². The number of carbonyl (C=O) groups excluding carboxylic acids is 1. The zero-order valence-corrected chi connectivity index (χ0v) is 11.0. The van der Waals surface area contributed by atoms with Crippen molar-refractivity contribution in [1.82, 2.24) is 10.3 Å². The largest absolute Gasteiger partial charge is 0.373 e. The molecule has 94 valence electrons. The first-order valence-corrected chi connectivity index (χ1v) is 6.68. The summed E-state index contributed by atoms with van der Waals surface area (Å²) in [4.78, 5) is 16.0. The molecule has 2 heterocycles. The van der Waals surface area contributed by atoms with Crippen molar-refractivity contribution in [2.45, 2.75) is 6.42 Å². The highest BCUT2D eigenvalue weighted by Gasteiger charge is 2.06. The molecule has 4 nitrogen and oxygen atoms in total. The number of carbonyl (C=O) groups is 1. The number of pyridine rings is 1. The minimum atomic E-state index is -0.137. The number of amides is 1. The van der Waals surface area contributed by atoms with Crippen molar-refractivity contribution in [2.24, 2.45) is 0 Å². The summed E-state index contributed by atoms with van der Waals surface area (Å²) < 4.78 is 0. The summed E-state index contributed by atoms with van der Waals surface area (Å²) in [6, 6.07) is 7.41. The lowest BCUT2D eigenvalue weighted by atomic mass is 10.2. The molecular weight excluding hydrogens is 246 g/mol. The third kappa shape index (κ3) is 3.30. The third-order valence-corrected chi connectivity index (χ3v) is 3.25. The van der Waals surface area contributed by atoms with Crippen molar-refractivity contribution in [3.8, 4) is 0 Å². The van der Waals surface area contributed by atoms with E-state index in [1.165, 1.54) is 5.56 Å². The van der Waals surface area contributed by atoms with Gasteiger partial charge in [-0.05, 0) is 40.9 Å². The van der Waals surface area contributed by atoms with Gasteiger partial charge in [0, 0.05) is 13.6 Å². The lowest BCUT2D eigenvalue weighted by Crippen LogP contribution is -2.26. The Balaban J connectivity index is 1.87. The minimum Gasteiger partial charge on any atom is -0.373 e. The highest BCUT2D eigenvalue weighted by Crippen LogP contribution is 2.06. The first-order valence-electron chi connectivity index (χ1n) is 5.73. The molecule has 0 fully saturated rings. The van der Waals surface area contributed by atoms with E-state index in [2.05, 4.69) is 27.1 Å². The van der Waals surface area contributed by atoms with E-state index < -0.39 is 0 Å². The van der Waals surface area contributed by atoms with Crippen molar-refractivity contribution in [3.63, 3.8) is 0 Å². The van der Waals surface area contributed by atoms with Crippen LogP contribution in [-0.2, 0) is 6.42 Å². The lowest BCUT2D eigenvalue weighted by Gasteiger charge is -2.05. The molecule has 5 heteroatoms. The Morgan fingerprint density at radius 2 is 2.28 bits per heavy atom. The monoisotopic (exact) mass is 261 g/mol. The summed E-state index contributed by atoms with van der Waals surface area (Å²) in [6.07, 6.45) is 0.848. The molecule has 18 heavy (non-hydrogen) atoms. The summed E-state index contributed by atoms with van der Waals surface area (Å²) >= 11 is 1.67. The van der Waals surface area contributed by atoms with Gasteiger partial charge in [0.1, 0.15) is 11.5 Å². The molecule has 0 saturated carbocycles. The van der Waals surface area contributed by atoms with Crippen molar-refractivity contribution in [1.29, 1.82) is 0 Å². The number of anilines is 1. The van der Waals surface area contributed by atoms with Gasteiger partial charge in [0.15, 0.2) is 0 Å². The molecule has 0 aromatic carbocycles. The number of rotatable bonds is 5. The van der Waals surface area contributed by atoms with Gasteiger partial charge in [0.05, 0.1) is 0 Å². The summed E-state index contributed by atoms with van der Waals surface area (Å²) in [5, 5.41) is 9.90. The molecular formula is C13H15N3OS. The summed E-state index contributed by atoms with van der Waals surface area (Å²) in [7, 11) is 1.78. The average molecular weight is 261 g/mol. The molecule has 2 N–H and O–H groups in total. The molecule has 0 aliphatic rings. The zero-order valence-electron chi connectivity index (χ0n) is 10.1. The van der Waals surface area contributed by atoms with E-state index in [0.29, 0.717) is 18.1 Å². The van der Waals surface area contributed by atoms with Gasteiger partial charge in [-0.3, -0.25) is 4.79 Å². The second kappa shape index (κ2) is 6.16. The van der Waals surface area contributed by atoms with Crippen LogP contribution in [0.3, 0.4) is 0 Å². The maximum Gasteiger partial charge on any atom is 0.269 e. The van der Waals surface area contributed by atoms with Gasteiger partial charge in [-0.1, -0.05) is 6.07 Å². The van der Waals surface area contributed by atoms with Gasteiger partial charge in [0.25, 0.3) is 5.91 Å². The second-order valence-corrected chi connectivity index (χ2v) is 4.58. The molecule has 0 aliphatic carbocycles. The summed E-state index contributed by atoms with van der Waals surface area (Å²) in [5.74, 6) is 0.558. The van der Waals surface area contributed by atoms with Crippen LogP contribution in [0.4, 0.5) is 5.82 Å². The van der Waals surface area contributed by atoms with Crippen LogP contribution in [0.15, 0.2) is 35.0 Å². The van der Waals surface area contributed by atoms with Crippen LogP contribution >= 0.6 is 11.3 Å². The number of nitrogens with one attached hydrogen (secondary N) is 2. The van der Waals surface area contributed by atoms with E-state index in [1.54, 1.807) is 24.5 Å². The highest BCUT2D eigenvalue weighted by molar-refractivity contribution is 7.07. The van der Waals surface area contributed by atoms with Gasteiger partial charge < -0.3 is 10.6 Å². The van der Waals surface area contributed by atoms with Gasteiger partial charge in [-0.15, -0.1) is 0 Å². The molecule has 0 aliphatic heterocycles. The Bertz CT molecular complexity index is 511. The smallest absolute Gasteiger partial charge is 0.269 e. The SMILES string of the molecule is CNc1cccc(C(=O)NCCc2ccsc2)n1.